The summed E-state index contributed by atoms with van der Waals surface area (Å²) < 4.78 is 1.22. The molecule has 4 heteroatoms. The van der Waals surface area contributed by atoms with Gasteiger partial charge in [0.2, 0.25) is 0 Å². The molecule has 2 rings (SSSR count). The Balaban J connectivity index is 2.29. The molecule has 0 aliphatic heterocycles. The lowest BCUT2D eigenvalue weighted by atomic mass is 10.3. The smallest absolute Gasteiger partial charge is 0.183 e. The van der Waals surface area contributed by atoms with Gasteiger partial charge in [-0.25, -0.2) is 4.98 Å². The second kappa shape index (κ2) is 4.49. The Morgan fingerprint density at radius 3 is 3.00 bits per heavy atom. The van der Waals surface area contributed by atoms with Crippen LogP contribution in [0, 0.1) is 0 Å². The molecule has 0 radical (unpaired) electrons. The van der Waals surface area contributed by atoms with Crippen molar-refractivity contribution in [2.75, 3.05) is 24.2 Å². The summed E-state index contributed by atoms with van der Waals surface area (Å²) in [5.74, 6) is 0. The van der Waals surface area contributed by atoms with Gasteiger partial charge in [0.15, 0.2) is 5.13 Å². The van der Waals surface area contributed by atoms with Crippen molar-refractivity contribution in [2.45, 2.75) is 13.3 Å². The molecule has 1 aromatic heterocycles. The molecular weight excluding hydrogens is 206 g/mol. The highest BCUT2D eigenvalue weighted by Crippen LogP contribution is 2.27. The maximum absolute atomic E-state index is 4.47. The summed E-state index contributed by atoms with van der Waals surface area (Å²) in [5, 5.41) is 7.39. The Bertz CT molecular complexity index is 450. The van der Waals surface area contributed by atoms with Gasteiger partial charge in [-0.2, -0.15) is 0 Å². The van der Waals surface area contributed by atoms with Crippen molar-refractivity contribution in [3.8, 4) is 0 Å². The van der Waals surface area contributed by atoms with Crippen LogP contribution in [0.1, 0.15) is 13.3 Å². The highest BCUT2D eigenvalue weighted by Gasteiger charge is 2.02. The van der Waals surface area contributed by atoms with E-state index in [0.29, 0.717) is 0 Å². The Kier molecular flexibility index (Phi) is 3.06. The van der Waals surface area contributed by atoms with Crippen LogP contribution in [-0.4, -0.2) is 18.6 Å². The number of hydrogen-bond donors (Lipinski definition) is 2. The van der Waals surface area contributed by atoms with Crippen molar-refractivity contribution in [3.63, 3.8) is 0 Å². The minimum absolute atomic E-state index is 0.970. The van der Waals surface area contributed by atoms with Gasteiger partial charge in [-0.05, 0) is 24.6 Å². The lowest BCUT2D eigenvalue weighted by Gasteiger charge is -2.03. The van der Waals surface area contributed by atoms with Crippen LogP contribution in [-0.2, 0) is 0 Å². The van der Waals surface area contributed by atoms with E-state index >= 15 is 0 Å². The van der Waals surface area contributed by atoms with Crippen LogP contribution in [0.2, 0.25) is 0 Å². The first-order valence-corrected chi connectivity index (χ1v) is 5.97. The number of anilines is 2. The van der Waals surface area contributed by atoms with Crippen molar-refractivity contribution in [3.05, 3.63) is 18.2 Å². The number of nitrogens with one attached hydrogen (secondary N) is 2. The zero-order valence-corrected chi connectivity index (χ0v) is 9.82. The molecule has 0 saturated carbocycles. The molecule has 1 heterocycles. The number of fused-ring (bicyclic) bond motifs is 1. The van der Waals surface area contributed by atoms with Gasteiger partial charge < -0.3 is 10.6 Å². The Labute approximate surface area is 93.5 Å². The summed E-state index contributed by atoms with van der Waals surface area (Å²) in [6.07, 6.45) is 1.14. The van der Waals surface area contributed by atoms with E-state index in [-0.39, 0.29) is 0 Å². The lowest BCUT2D eigenvalue weighted by molar-refractivity contribution is 0.980. The van der Waals surface area contributed by atoms with E-state index in [9.17, 15) is 0 Å². The highest BCUT2D eigenvalue weighted by molar-refractivity contribution is 7.22. The Hall–Kier alpha value is -1.29. The maximum atomic E-state index is 4.47. The molecule has 0 saturated heterocycles. The van der Waals surface area contributed by atoms with Crippen LogP contribution in [0.15, 0.2) is 18.2 Å². The average Bonchev–Trinajstić information content (AvgIpc) is 2.68. The van der Waals surface area contributed by atoms with Crippen molar-refractivity contribution in [1.29, 1.82) is 0 Å². The lowest BCUT2D eigenvalue weighted by Crippen LogP contribution is -1.98. The SMILES string of the molecule is CCCNc1ccc2sc(NC)nc2c1. The van der Waals surface area contributed by atoms with E-state index in [1.54, 1.807) is 11.3 Å². The standard InChI is InChI=1S/C11H15N3S/c1-3-6-13-8-4-5-10-9(7-8)14-11(12-2)15-10/h4-5,7,13H,3,6H2,1-2H3,(H,12,14). The molecular formula is C11H15N3S. The Morgan fingerprint density at radius 1 is 1.40 bits per heavy atom. The molecule has 0 amide bonds. The minimum Gasteiger partial charge on any atom is -0.385 e. The van der Waals surface area contributed by atoms with Gasteiger partial charge in [-0.15, -0.1) is 0 Å². The summed E-state index contributed by atoms with van der Waals surface area (Å²) in [6, 6.07) is 6.32. The van der Waals surface area contributed by atoms with Crippen molar-refractivity contribution >= 4 is 32.4 Å². The molecule has 0 aliphatic carbocycles. The molecule has 0 atom stereocenters. The normalized spacial score (nSPS) is 10.5. The van der Waals surface area contributed by atoms with Gasteiger partial charge in [-0.3, -0.25) is 0 Å². The fraction of sp³-hybridized carbons (Fsp3) is 0.364. The summed E-state index contributed by atoms with van der Waals surface area (Å²) in [5.41, 5.74) is 2.21. The largest absolute Gasteiger partial charge is 0.385 e. The molecule has 3 nitrogen and oxygen atoms in total. The van der Waals surface area contributed by atoms with E-state index in [1.165, 1.54) is 4.70 Å². The monoisotopic (exact) mass is 221 g/mol. The predicted molar refractivity (Wildman–Crippen MR) is 67.9 cm³/mol. The fourth-order valence-corrected chi connectivity index (χ4v) is 2.21. The van der Waals surface area contributed by atoms with Gasteiger partial charge in [0.25, 0.3) is 0 Å². The molecule has 15 heavy (non-hydrogen) atoms. The van der Waals surface area contributed by atoms with Crippen LogP contribution in [0.25, 0.3) is 10.2 Å². The highest BCUT2D eigenvalue weighted by atomic mass is 32.1. The van der Waals surface area contributed by atoms with Gasteiger partial charge in [0.05, 0.1) is 10.2 Å². The van der Waals surface area contributed by atoms with Crippen LogP contribution in [0.5, 0.6) is 0 Å². The summed E-state index contributed by atoms with van der Waals surface area (Å²) >= 11 is 1.68. The molecule has 0 bridgehead atoms. The van der Waals surface area contributed by atoms with Crippen molar-refractivity contribution in [1.82, 2.24) is 4.98 Å². The van der Waals surface area contributed by atoms with E-state index in [2.05, 4.69) is 40.7 Å². The van der Waals surface area contributed by atoms with E-state index in [1.807, 2.05) is 7.05 Å². The second-order valence-electron chi connectivity index (χ2n) is 3.38. The number of nitrogens with zero attached hydrogens (tertiary/aromatic N) is 1. The molecule has 0 aliphatic rings. The topological polar surface area (TPSA) is 37.0 Å². The zero-order chi connectivity index (χ0) is 10.7. The first-order valence-electron chi connectivity index (χ1n) is 5.15. The first-order chi connectivity index (χ1) is 7.33. The number of aromatic nitrogens is 1. The van der Waals surface area contributed by atoms with Gasteiger partial charge in [-0.1, -0.05) is 18.3 Å². The molecule has 80 valence electrons. The van der Waals surface area contributed by atoms with E-state index in [0.717, 1.165) is 29.3 Å². The first kappa shape index (κ1) is 10.2. The van der Waals surface area contributed by atoms with Crippen molar-refractivity contribution < 1.29 is 0 Å². The number of benzene rings is 1. The van der Waals surface area contributed by atoms with Crippen LogP contribution in [0.3, 0.4) is 0 Å². The number of thiazole rings is 1. The zero-order valence-electron chi connectivity index (χ0n) is 9.00. The van der Waals surface area contributed by atoms with Crippen LogP contribution in [0.4, 0.5) is 10.8 Å². The van der Waals surface area contributed by atoms with Gasteiger partial charge in [0.1, 0.15) is 0 Å². The van der Waals surface area contributed by atoms with Gasteiger partial charge in [0, 0.05) is 19.3 Å². The summed E-state index contributed by atoms with van der Waals surface area (Å²) in [4.78, 5) is 4.47. The van der Waals surface area contributed by atoms with E-state index < -0.39 is 0 Å². The van der Waals surface area contributed by atoms with Crippen molar-refractivity contribution in [2.24, 2.45) is 0 Å². The predicted octanol–water partition coefficient (Wildman–Crippen LogP) is 3.16. The third-order valence-electron chi connectivity index (χ3n) is 2.18. The summed E-state index contributed by atoms with van der Waals surface area (Å²) in [6.45, 7) is 3.17. The minimum atomic E-state index is 0.970. The third-order valence-corrected chi connectivity index (χ3v) is 3.23. The number of rotatable bonds is 4. The van der Waals surface area contributed by atoms with Crippen LogP contribution >= 0.6 is 11.3 Å². The molecule has 0 fully saturated rings. The third kappa shape index (κ3) is 2.21. The van der Waals surface area contributed by atoms with Gasteiger partial charge >= 0.3 is 0 Å². The molecule has 0 unspecified atom stereocenters. The van der Waals surface area contributed by atoms with Crippen LogP contribution < -0.4 is 10.6 Å². The molecule has 2 aromatic rings. The molecule has 2 N–H and O–H groups in total. The quantitative estimate of drug-likeness (QED) is 0.832. The fourth-order valence-electron chi connectivity index (χ4n) is 1.41. The average molecular weight is 221 g/mol. The molecule has 0 spiro atoms. The Morgan fingerprint density at radius 2 is 2.27 bits per heavy atom. The second-order valence-corrected chi connectivity index (χ2v) is 4.41. The molecule has 1 aromatic carbocycles. The summed E-state index contributed by atoms with van der Waals surface area (Å²) in [7, 11) is 1.90. The van der Waals surface area contributed by atoms with E-state index in [4.69, 9.17) is 0 Å². The maximum Gasteiger partial charge on any atom is 0.183 e. The number of hydrogen-bond acceptors (Lipinski definition) is 4.